The van der Waals surface area contributed by atoms with E-state index in [1.54, 1.807) is 0 Å². The average molecular weight is 238 g/mol. The fourth-order valence-electron chi connectivity index (χ4n) is 0.454. The van der Waals surface area contributed by atoms with Crippen LogP contribution in [0.3, 0.4) is 0 Å². The largest absolute Gasteiger partial charge is 0.281 e. The second-order valence-electron chi connectivity index (χ2n) is 1.59. The molecular weight excluding hydrogens is 237 g/mol. The summed E-state index contributed by atoms with van der Waals surface area (Å²) in [6.45, 7) is 0. The summed E-state index contributed by atoms with van der Waals surface area (Å²) in [4.78, 5) is 0. The summed E-state index contributed by atoms with van der Waals surface area (Å²) in [5.74, 6) is -5.92. The molecule has 0 unspecified atom stereocenters. The van der Waals surface area contributed by atoms with E-state index < -0.39 is 23.3 Å². The van der Waals surface area contributed by atoms with Gasteiger partial charge < -0.3 is 0 Å². The quantitative estimate of drug-likeness (QED) is 0.368. The maximum Gasteiger partial charge on any atom is 0.0481 e. The van der Waals surface area contributed by atoms with E-state index >= 15 is 0 Å². The Labute approximate surface area is 85.5 Å². The van der Waals surface area contributed by atoms with E-state index in [1.165, 1.54) is 6.07 Å². The zero-order valence-electron chi connectivity index (χ0n) is 5.17. The maximum atomic E-state index is 11.9. The smallest absolute Gasteiger partial charge is 0.0481 e. The van der Waals surface area contributed by atoms with Crippen LogP contribution in [0.25, 0.3) is 0 Å². The zero-order chi connectivity index (χ0) is 7.72. The van der Waals surface area contributed by atoms with Gasteiger partial charge in [-0.05, 0) is 0 Å². The molecule has 1 radical (unpaired) electrons. The van der Waals surface area contributed by atoms with Crippen LogP contribution in [0, 0.1) is 29.3 Å². The monoisotopic (exact) mass is 238 g/mol. The van der Waals surface area contributed by atoms with E-state index in [2.05, 4.69) is 0 Å². The topological polar surface area (TPSA) is 0 Å². The van der Waals surface area contributed by atoms with Gasteiger partial charge in [0.15, 0.2) is 0 Å². The van der Waals surface area contributed by atoms with Crippen molar-refractivity contribution in [1.82, 2.24) is 0 Å². The first kappa shape index (κ1) is 11.0. The first-order valence-corrected chi connectivity index (χ1v) is 2.33. The molecule has 57 valence electrons. The molecule has 0 aromatic heterocycles. The second-order valence-corrected chi connectivity index (χ2v) is 1.59. The molecule has 0 aliphatic carbocycles. The summed E-state index contributed by atoms with van der Waals surface area (Å²) in [7, 11) is 0. The van der Waals surface area contributed by atoms with Gasteiger partial charge in [-0.3, -0.25) is 8.78 Å². The van der Waals surface area contributed by atoms with Crippen LogP contribution in [-0.4, -0.2) is 0 Å². The van der Waals surface area contributed by atoms with Gasteiger partial charge in [-0.2, -0.15) is 0 Å². The van der Waals surface area contributed by atoms with Crippen molar-refractivity contribution in [2.45, 2.75) is 0 Å². The Kier molecular flexibility index (Phi) is 4.18. The Morgan fingerprint density at radius 2 is 1.27 bits per heavy atom. The molecule has 0 N–H and O–H groups in total. The Balaban J connectivity index is 0.000001000. The fourth-order valence-corrected chi connectivity index (χ4v) is 0.454. The van der Waals surface area contributed by atoms with Gasteiger partial charge in [-0.25, -0.2) is 8.78 Å². The normalized spacial score (nSPS) is 9.09. The molecule has 0 nitrogen and oxygen atoms in total. The van der Waals surface area contributed by atoms with Gasteiger partial charge in [0.2, 0.25) is 0 Å². The molecule has 0 aliphatic heterocycles. The van der Waals surface area contributed by atoms with Crippen LogP contribution in [0.2, 0.25) is 0 Å². The van der Waals surface area contributed by atoms with Crippen molar-refractivity contribution in [3.8, 4) is 0 Å². The molecule has 0 bridgehead atoms. The molecule has 0 saturated heterocycles. The van der Waals surface area contributed by atoms with Gasteiger partial charge in [0.05, 0.1) is 0 Å². The Bertz CT molecular complexity index is 211. The van der Waals surface area contributed by atoms with Crippen LogP contribution in [0.4, 0.5) is 17.6 Å². The fraction of sp³-hybridized carbons (Fsp3) is 0. The van der Waals surface area contributed by atoms with Gasteiger partial charge >= 0.3 is 0 Å². The molecular formula is C6HF4Y-. The van der Waals surface area contributed by atoms with Crippen molar-refractivity contribution in [2.75, 3.05) is 0 Å². The van der Waals surface area contributed by atoms with Crippen molar-refractivity contribution >= 4 is 0 Å². The average Bonchev–Trinajstić information content (AvgIpc) is 1.84. The van der Waals surface area contributed by atoms with Gasteiger partial charge in [0, 0.05) is 56.0 Å². The van der Waals surface area contributed by atoms with Gasteiger partial charge in [0.25, 0.3) is 0 Å². The van der Waals surface area contributed by atoms with Crippen LogP contribution in [-0.2, 0) is 32.7 Å². The Hall–Kier alpha value is 0.0439. The van der Waals surface area contributed by atoms with E-state index in [4.69, 9.17) is 0 Å². The van der Waals surface area contributed by atoms with Crippen molar-refractivity contribution in [2.24, 2.45) is 0 Å². The number of benzene rings is 1. The standard InChI is InChI=1S/C6HF4.Y/c7-3-1-4(8)6(10)2-5(3)9;/h1H;/q-1;. The zero-order valence-corrected chi connectivity index (χ0v) is 8.00. The number of hydrogen-bond donors (Lipinski definition) is 0. The molecule has 1 aromatic rings. The molecule has 0 saturated carbocycles. The summed E-state index contributed by atoms with van der Waals surface area (Å²) < 4.78 is 47.7. The van der Waals surface area contributed by atoms with E-state index in [9.17, 15) is 17.6 Å². The molecule has 1 rings (SSSR count). The van der Waals surface area contributed by atoms with Crippen molar-refractivity contribution in [3.05, 3.63) is 35.4 Å². The van der Waals surface area contributed by atoms with Crippen molar-refractivity contribution in [3.63, 3.8) is 0 Å². The van der Waals surface area contributed by atoms with E-state index in [0.717, 1.165) is 0 Å². The molecule has 11 heavy (non-hydrogen) atoms. The van der Waals surface area contributed by atoms with Crippen LogP contribution in [0.15, 0.2) is 6.07 Å². The minimum Gasteiger partial charge on any atom is -0.281 e. The first-order chi connectivity index (χ1) is 4.61. The summed E-state index contributed by atoms with van der Waals surface area (Å²) in [6.07, 6.45) is 0. The van der Waals surface area contributed by atoms with Crippen LogP contribution >= 0.6 is 0 Å². The Morgan fingerprint density at radius 3 is 1.55 bits per heavy atom. The first-order valence-electron chi connectivity index (χ1n) is 2.33. The van der Waals surface area contributed by atoms with E-state index in [-0.39, 0.29) is 38.8 Å². The van der Waals surface area contributed by atoms with Gasteiger partial charge in [-0.1, -0.05) is 6.07 Å². The SMILES string of the molecule is Fc1[c-]c(F)c(F)cc1F.[Y]. The summed E-state index contributed by atoms with van der Waals surface area (Å²) in [6, 6.07) is 1.35. The molecule has 0 aliphatic rings. The predicted molar refractivity (Wildman–Crippen MR) is 25.1 cm³/mol. The minimum absolute atomic E-state index is 0. The minimum atomic E-state index is -1.51. The number of hydrogen-bond acceptors (Lipinski definition) is 0. The third-order valence-electron chi connectivity index (χ3n) is 0.892. The van der Waals surface area contributed by atoms with E-state index in [0.29, 0.717) is 0 Å². The molecule has 1 aromatic carbocycles. The maximum absolute atomic E-state index is 11.9. The van der Waals surface area contributed by atoms with Crippen molar-refractivity contribution in [1.29, 1.82) is 0 Å². The molecule has 0 amide bonds. The Morgan fingerprint density at radius 1 is 0.909 bits per heavy atom. The number of rotatable bonds is 0. The molecule has 0 spiro atoms. The van der Waals surface area contributed by atoms with E-state index in [1.807, 2.05) is 0 Å². The van der Waals surface area contributed by atoms with Gasteiger partial charge in [-0.15, -0.1) is 6.07 Å². The van der Waals surface area contributed by atoms with Crippen molar-refractivity contribution < 1.29 is 50.3 Å². The summed E-state index contributed by atoms with van der Waals surface area (Å²) >= 11 is 0. The van der Waals surface area contributed by atoms with Crippen LogP contribution in [0.5, 0.6) is 0 Å². The predicted octanol–water partition coefficient (Wildman–Crippen LogP) is 2.04. The summed E-state index contributed by atoms with van der Waals surface area (Å²) in [5, 5.41) is 0. The van der Waals surface area contributed by atoms with Crippen LogP contribution < -0.4 is 0 Å². The van der Waals surface area contributed by atoms with Crippen LogP contribution in [0.1, 0.15) is 0 Å². The number of halogens is 4. The van der Waals surface area contributed by atoms with Gasteiger partial charge in [0.1, 0.15) is 0 Å². The summed E-state index contributed by atoms with van der Waals surface area (Å²) in [5.41, 5.74) is 0. The second kappa shape index (κ2) is 4.17. The third-order valence-corrected chi connectivity index (χ3v) is 0.892. The molecule has 0 heterocycles. The molecule has 0 fully saturated rings. The molecule has 0 atom stereocenters. The third kappa shape index (κ3) is 2.52. The molecule has 5 heteroatoms.